The summed E-state index contributed by atoms with van der Waals surface area (Å²) in [4.78, 5) is 27.4. The quantitative estimate of drug-likeness (QED) is 0.835. The monoisotopic (exact) mass is 376 g/mol. The Bertz CT molecular complexity index is 799. The van der Waals surface area contributed by atoms with Crippen LogP contribution in [0.5, 0.6) is 0 Å². The number of rotatable bonds is 2. The number of nitrogens with one attached hydrogen (secondary N) is 2. The summed E-state index contributed by atoms with van der Waals surface area (Å²) in [6.07, 6.45) is 3.36. The lowest BCUT2D eigenvalue weighted by molar-refractivity contribution is 0.0892. The van der Waals surface area contributed by atoms with Gasteiger partial charge in [-0.15, -0.1) is 0 Å². The van der Waals surface area contributed by atoms with Gasteiger partial charge in [0.15, 0.2) is 0 Å². The number of benzene rings is 1. The highest BCUT2D eigenvalue weighted by molar-refractivity contribution is 9.10. The van der Waals surface area contributed by atoms with Crippen molar-refractivity contribution < 1.29 is 4.79 Å². The summed E-state index contributed by atoms with van der Waals surface area (Å²) in [5.74, 6) is 0.900. The summed E-state index contributed by atoms with van der Waals surface area (Å²) in [5.41, 5.74) is 0.862. The Morgan fingerprint density at radius 1 is 1.26 bits per heavy atom. The fourth-order valence-corrected chi connectivity index (χ4v) is 3.81. The molecule has 4 nitrogen and oxygen atoms in total. The number of amides is 1. The van der Waals surface area contributed by atoms with E-state index < -0.39 is 0 Å². The molecule has 1 aliphatic carbocycles. The number of hydrogen-bond donors (Lipinski definition) is 2. The van der Waals surface area contributed by atoms with Crippen LogP contribution in [0.3, 0.4) is 0 Å². The Balaban J connectivity index is 1.94. The van der Waals surface area contributed by atoms with Crippen molar-refractivity contribution in [2.75, 3.05) is 0 Å². The van der Waals surface area contributed by atoms with E-state index in [1.54, 1.807) is 0 Å². The Hall–Kier alpha value is -1.62. The van der Waals surface area contributed by atoms with Crippen LogP contribution in [0.4, 0.5) is 0 Å². The number of pyridine rings is 1. The highest BCUT2D eigenvalue weighted by Gasteiger charge is 2.28. The predicted molar refractivity (Wildman–Crippen MR) is 95.7 cm³/mol. The van der Waals surface area contributed by atoms with Crippen LogP contribution in [0.25, 0.3) is 10.9 Å². The van der Waals surface area contributed by atoms with Crippen LogP contribution in [0, 0.1) is 11.8 Å². The van der Waals surface area contributed by atoms with Crippen LogP contribution in [-0.2, 0) is 0 Å². The van der Waals surface area contributed by atoms with E-state index in [1.807, 2.05) is 18.2 Å². The minimum atomic E-state index is -0.255. The number of hydrogen-bond acceptors (Lipinski definition) is 2. The highest BCUT2D eigenvalue weighted by atomic mass is 79.9. The normalized spacial score (nSPS) is 24.6. The minimum absolute atomic E-state index is 0.162. The number of H-pyrrole nitrogens is 1. The van der Waals surface area contributed by atoms with E-state index in [9.17, 15) is 9.59 Å². The van der Waals surface area contributed by atoms with E-state index in [0.717, 1.165) is 22.7 Å². The van der Waals surface area contributed by atoms with Gasteiger partial charge < -0.3 is 10.3 Å². The topological polar surface area (TPSA) is 62.0 Å². The average Bonchev–Trinajstić information content (AvgIpc) is 2.51. The molecule has 0 aliphatic heterocycles. The number of aromatic nitrogens is 1. The zero-order valence-electron chi connectivity index (χ0n) is 13.4. The van der Waals surface area contributed by atoms with Crippen molar-refractivity contribution in [1.82, 2.24) is 10.3 Å². The van der Waals surface area contributed by atoms with E-state index in [1.165, 1.54) is 12.5 Å². The van der Waals surface area contributed by atoms with Gasteiger partial charge in [0, 0.05) is 27.5 Å². The lowest BCUT2D eigenvalue weighted by atomic mass is 9.78. The second-order valence-electron chi connectivity index (χ2n) is 6.58. The van der Waals surface area contributed by atoms with E-state index in [-0.39, 0.29) is 17.5 Å². The first-order valence-corrected chi connectivity index (χ1v) is 8.88. The van der Waals surface area contributed by atoms with Gasteiger partial charge in [-0.05, 0) is 36.5 Å². The lowest BCUT2D eigenvalue weighted by Gasteiger charge is -2.34. The summed E-state index contributed by atoms with van der Waals surface area (Å²) in [6.45, 7) is 4.43. The van der Waals surface area contributed by atoms with Crippen molar-refractivity contribution in [2.24, 2.45) is 11.8 Å². The molecule has 1 heterocycles. The molecule has 1 aliphatic rings. The van der Waals surface area contributed by atoms with Crippen LogP contribution >= 0.6 is 15.9 Å². The molecule has 23 heavy (non-hydrogen) atoms. The first-order chi connectivity index (χ1) is 11.0. The fourth-order valence-electron chi connectivity index (χ4n) is 3.45. The summed E-state index contributed by atoms with van der Waals surface area (Å²) in [5, 5.41) is 3.90. The molecule has 3 atom stereocenters. The van der Waals surface area contributed by atoms with Crippen molar-refractivity contribution in [1.29, 1.82) is 0 Å². The Labute approximate surface area is 143 Å². The molecule has 1 aromatic heterocycles. The molecule has 2 N–H and O–H groups in total. The molecule has 0 radical (unpaired) electrons. The van der Waals surface area contributed by atoms with Crippen molar-refractivity contribution >= 4 is 32.7 Å². The number of carbonyl (C=O) groups is 1. The standard InChI is InChI=1S/C18H21BrN2O2/c1-10-4-3-5-15(11(10)2)21-18(23)14-9-17(22)20-16-7-6-12(19)8-13(14)16/h6-11,15H,3-5H2,1-2H3,(H,20,22)(H,21,23)/t10-,11+,15+/m1/s1. The lowest BCUT2D eigenvalue weighted by Crippen LogP contribution is -2.43. The van der Waals surface area contributed by atoms with Gasteiger partial charge in [0.05, 0.1) is 5.56 Å². The maximum atomic E-state index is 12.8. The smallest absolute Gasteiger partial charge is 0.252 e. The maximum Gasteiger partial charge on any atom is 0.252 e. The van der Waals surface area contributed by atoms with Gasteiger partial charge in [0.2, 0.25) is 5.56 Å². The highest BCUT2D eigenvalue weighted by Crippen LogP contribution is 2.30. The largest absolute Gasteiger partial charge is 0.349 e. The Kier molecular flexibility index (Phi) is 4.57. The molecule has 0 bridgehead atoms. The van der Waals surface area contributed by atoms with Gasteiger partial charge in [-0.3, -0.25) is 9.59 Å². The molecule has 1 amide bonds. The molecular weight excluding hydrogens is 356 g/mol. The third-order valence-corrected chi connectivity index (χ3v) is 5.57. The third kappa shape index (κ3) is 3.34. The Morgan fingerprint density at radius 3 is 2.83 bits per heavy atom. The molecule has 2 aromatic rings. The van der Waals surface area contributed by atoms with Gasteiger partial charge in [-0.25, -0.2) is 0 Å². The second-order valence-corrected chi connectivity index (χ2v) is 7.50. The van der Waals surface area contributed by atoms with Crippen LogP contribution in [0.2, 0.25) is 0 Å². The van der Waals surface area contributed by atoms with Gasteiger partial charge in [-0.1, -0.05) is 42.6 Å². The van der Waals surface area contributed by atoms with Gasteiger partial charge >= 0.3 is 0 Å². The van der Waals surface area contributed by atoms with E-state index in [0.29, 0.717) is 22.9 Å². The van der Waals surface area contributed by atoms with Crippen LogP contribution in [0.1, 0.15) is 43.5 Å². The molecule has 1 saturated carbocycles. The van der Waals surface area contributed by atoms with Crippen LogP contribution in [0.15, 0.2) is 33.5 Å². The van der Waals surface area contributed by atoms with Crippen molar-refractivity contribution in [3.63, 3.8) is 0 Å². The number of fused-ring (bicyclic) bond motifs is 1. The first-order valence-electron chi connectivity index (χ1n) is 8.09. The van der Waals surface area contributed by atoms with Crippen molar-refractivity contribution in [2.45, 2.75) is 39.2 Å². The van der Waals surface area contributed by atoms with E-state index in [4.69, 9.17) is 0 Å². The van der Waals surface area contributed by atoms with Crippen LogP contribution < -0.4 is 10.9 Å². The van der Waals surface area contributed by atoms with E-state index >= 15 is 0 Å². The number of aromatic amines is 1. The molecular formula is C18H21BrN2O2. The van der Waals surface area contributed by atoms with Gasteiger partial charge in [-0.2, -0.15) is 0 Å². The van der Waals surface area contributed by atoms with Gasteiger partial charge in [0.1, 0.15) is 0 Å². The SMILES string of the molecule is C[C@H]1[C@H](C)CCC[C@@H]1NC(=O)c1cc(=O)[nH]c2ccc(Br)cc12. The molecule has 0 unspecified atom stereocenters. The summed E-state index contributed by atoms with van der Waals surface area (Å²) < 4.78 is 0.880. The maximum absolute atomic E-state index is 12.8. The first kappa shape index (κ1) is 16.2. The third-order valence-electron chi connectivity index (χ3n) is 5.07. The van der Waals surface area contributed by atoms with E-state index in [2.05, 4.69) is 40.1 Å². The summed E-state index contributed by atoms with van der Waals surface area (Å²) >= 11 is 3.43. The molecule has 5 heteroatoms. The summed E-state index contributed by atoms with van der Waals surface area (Å²) in [7, 11) is 0. The Morgan fingerprint density at radius 2 is 2.04 bits per heavy atom. The zero-order chi connectivity index (χ0) is 16.6. The molecule has 122 valence electrons. The molecule has 1 fully saturated rings. The second kappa shape index (κ2) is 6.48. The average molecular weight is 377 g/mol. The summed E-state index contributed by atoms with van der Waals surface area (Å²) in [6, 6.07) is 7.09. The van der Waals surface area contributed by atoms with Crippen LogP contribution in [-0.4, -0.2) is 16.9 Å². The predicted octanol–water partition coefficient (Wildman–Crippen LogP) is 3.85. The molecule has 3 rings (SSSR count). The van der Waals surface area contributed by atoms with Gasteiger partial charge in [0.25, 0.3) is 5.91 Å². The van der Waals surface area contributed by atoms with Crippen molar-refractivity contribution in [3.05, 3.63) is 44.7 Å². The molecule has 1 aromatic carbocycles. The minimum Gasteiger partial charge on any atom is -0.349 e. The van der Waals surface area contributed by atoms with Crippen molar-refractivity contribution in [3.8, 4) is 0 Å². The molecule has 0 saturated heterocycles. The number of carbonyl (C=O) groups excluding carboxylic acids is 1. The zero-order valence-corrected chi connectivity index (χ0v) is 14.9. The number of halogens is 1. The fraction of sp³-hybridized carbons (Fsp3) is 0.444. The molecule has 0 spiro atoms.